The Balaban J connectivity index is 2.32. The molecular weight excluding hydrogens is 216 g/mol. The Kier molecular flexibility index (Phi) is 1.39. The number of pyridine rings is 1. The van der Waals surface area contributed by atoms with Gasteiger partial charge < -0.3 is 4.98 Å². The smallest absolute Gasteiger partial charge is 0.303 e. The van der Waals surface area contributed by atoms with Gasteiger partial charge in [-0.05, 0) is 12.1 Å². The molecule has 0 saturated carbocycles. The van der Waals surface area contributed by atoms with Crippen molar-refractivity contribution >= 4 is 33.4 Å². The fourth-order valence-electron chi connectivity index (χ4n) is 2.28. The topological polar surface area (TPSA) is 71.7 Å². The van der Waals surface area contributed by atoms with E-state index in [1.165, 1.54) is 0 Å². The third-order valence-electron chi connectivity index (χ3n) is 3.07. The molecule has 0 atom stereocenters. The molecule has 17 heavy (non-hydrogen) atoms. The summed E-state index contributed by atoms with van der Waals surface area (Å²) in [4.78, 5) is 17.7. The van der Waals surface area contributed by atoms with E-state index >= 15 is 0 Å². The molecule has 0 unspecified atom stereocenters. The molecule has 5 heteroatoms. The molecule has 0 spiro atoms. The van der Waals surface area contributed by atoms with E-state index in [1.807, 2.05) is 24.4 Å². The van der Waals surface area contributed by atoms with Crippen LogP contribution in [-0.4, -0.2) is 10.9 Å². The van der Waals surface area contributed by atoms with Crippen molar-refractivity contribution in [2.45, 2.75) is 0 Å². The van der Waals surface area contributed by atoms with Crippen LogP contribution in [0, 0.1) is 0 Å². The van der Waals surface area contributed by atoms with Crippen molar-refractivity contribution in [2.24, 2.45) is 10.2 Å². The van der Waals surface area contributed by atoms with E-state index in [0.717, 1.165) is 21.8 Å². The monoisotopic (exact) mass is 223 g/mol. The SMILES string of the molecule is O=C1N=Nc2c1c[nH+]c1ccc3[nH]ccc3c21. The number of carbonyl (C=O) groups excluding carboxylic acids is 1. The highest BCUT2D eigenvalue weighted by Crippen LogP contribution is 2.36. The number of aromatic nitrogens is 2. The number of nitrogens with zero attached hydrogens (tertiary/aromatic N) is 2. The van der Waals surface area contributed by atoms with Crippen LogP contribution in [0.15, 0.2) is 40.8 Å². The Bertz CT molecular complexity index is 816. The summed E-state index contributed by atoms with van der Waals surface area (Å²) in [5, 5.41) is 9.57. The van der Waals surface area contributed by atoms with Crippen LogP contribution in [0.1, 0.15) is 10.4 Å². The fraction of sp³-hybridized carbons (Fsp3) is 0. The number of aromatic amines is 2. The molecule has 0 bridgehead atoms. The maximum atomic E-state index is 11.5. The summed E-state index contributed by atoms with van der Waals surface area (Å²) in [5.41, 5.74) is 3.17. The number of H-pyrrole nitrogens is 2. The largest absolute Gasteiger partial charge is 0.361 e. The van der Waals surface area contributed by atoms with Crippen LogP contribution in [0.2, 0.25) is 0 Å². The van der Waals surface area contributed by atoms with Crippen LogP contribution in [0.4, 0.5) is 5.69 Å². The third kappa shape index (κ3) is 0.977. The Labute approximate surface area is 95.2 Å². The van der Waals surface area contributed by atoms with E-state index in [0.29, 0.717) is 11.3 Å². The van der Waals surface area contributed by atoms with Gasteiger partial charge >= 0.3 is 5.91 Å². The van der Waals surface area contributed by atoms with Gasteiger partial charge in [-0.3, -0.25) is 4.79 Å². The van der Waals surface area contributed by atoms with Crippen molar-refractivity contribution in [1.29, 1.82) is 0 Å². The molecule has 0 saturated heterocycles. The van der Waals surface area contributed by atoms with Gasteiger partial charge in [0.25, 0.3) is 0 Å². The number of hydrogen-bond donors (Lipinski definition) is 1. The average Bonchev–Trinajstić information content (AvgIpc) is 2.95. The molecule has 1 aliphatic heterocycles. The van der Waals surface area contributed by atoms with Crippen molar-refractivity contribution in [1.82, 2.24) is 4.98 Å². The van der Waals surface area contributed by atoms with E-state index in [-0.39, 0.29) is 5.91 Å². The van der Waals surface area contributed by atoms with E-state index in [1.54, 1.807) is 6.20 Å². The van der Waals surface area contributed by atoms with Gasteiger partial charge in [0.2, 0.25) is 5.52 Å². The quantitative estimate of drug-likeness (QED) is 0.624. The lowest BCUT2D eigenvalue weighted by molar-refractivity contribution is -0.344. The number of rotatable bonds is 0. The van der Waals surface area contributed by atoms with Crippen LogP contribution < -0.4 is 4.98 Å². The molecule has 0 fully saturated rings. The summed E-state index contributed by atoms with van der Waals surface area (Å²) in [5.74, 6) is -0.286. The second kappa shape index (κ2) is 2.76. The molecule has 1 aromatic carbocycles. The van der Waals surface area contributed by atoms with E-state index in [9.17, 15) is 4.79 Å². The van der Waals surface area contributed by atoms with E-state index in [4.69, 9.17) is 0 Å². The average molecular weight is 223 g/mol. The molecule has 0 radical (unpaired) electrons. The molecule has 80 valence electrons. The lowest BCUT2D eigenvalue weighted by Gasteiger charge is -1.98. The minimum Gasteiger partial charge on any atom is -0.361 e. The first kappa shape index (κ1) is 8.58. The number of nitrogens with one attached hydrogen (secondary N) is 2. The maximum absolute atomic E-state index is 11.5. The van der Waals surface area contributed by atoms with Crippen molar-refractivity contribution in [3.05, 3.63) is 36.2 Å². The Hall–Kier alpha value is -2.56. The molecule has 0 aliphatic carbocycles. The summed E-state index contributed by atoms with van der Waals surface area (Å²) in [6.07, 6.45) is 3.54. The third-order valence-corrected chi connectivity index (χ3v) is 3.07. The Morgan fingerprint density at radius 2 is 2.12 bits per heavy atom. The zero-order valence-electron chi connectivity index (χ0n) is 8.69. The highest BCUT2D eigenvalue weighted by molar-refractivity contribution is 6.15. The maximum Gasteiger partial charge on any atom is 0.303 e. The van der Waals surface area contributed by atoms with E-state index in [2.05, 4.69) is 20.2 Å². The summed E-state index contributed by atoms with van der Waals surface area (Å²) in [6, 6.07) is 5.94. The van der Waals surface area contributed by atoms with Crippen molar-refractivity contribution < 1.29 is 9.78 Å². The van der Waals surface area contributed by atoms with E-state index < -0.39 is 0 Å². The molecule has 2 N–H and O–H groups in total. The molecule has 5 nitrogen and oxygen atoms in total. The van der Waals surface area contributed by atoms with Gasteiger partial charge in [-0.2, -0.15) is 0 Å². The molecular formula is C12H7N4O+. The molecule has 3 aromatic rings. The molecule has 3 heterocycles. The molecule has 4 rings (SSSR count). The molecule has 1 amide bonds. The lowest BCUT2D eigenvalue weighted by atomic mass is 10.1. The van der Waals surface area contributed by atoms with Crippen LogP contribution in [-0.2, 0) is 0 Å². The number of benzene rings is 1. The fourth-order valence-corrected chi connectivity index (χ4v) is 2.28. The minimum atomic E-state index is -0.286. The van der Waals surface area contributed by atoms with Gasteiger partial charge in [-0.25, -0.2) is 4.98 Å². The highest BCUT2D eigenvalue weighted by atomic mass is 16.2. The second-order valence-electron chi connectivity index (χ2n) is 3.98. The van der Waals surface area contributed by atoms with Gasteiger partial charge in [0.1, 0.15) is 11.3 Å². The van der Waals surface area contributed by atoms with Crippen LogP contribution >= 0.6 is 0 Å². The standard InChI is InChI=1S/C12H6N4O/c17-12-7-5-14-9-2-1-8-6(3-4-13-8)10(9)11(7)15-16-12/h1-5,13H/p+1. The van der Waals surface area contributed by atoms with Gasteiger partial charge in [0, 0.05) is 23.2 Å². The van der Waals surface area contributed by atoms with Crippen molar-refractivity contribution in [3.63, 3.8) is 0 Å². The summed E-state index contributed by atoms with van der Waals surface area (Å²) < 4.78 is 0. The van der Waals surface area contributed by atoms with Crippen molar-refractivity contribution in [2.75, 3.05) is 0 Å². The normalized spacial score (nSPS) is 13.8. The number of carbonyl (C=O) groups is 1. The summed E-state index contributed by atoms with van der Waals surface area (Å²) in [7, 11) is 0. The van der Waals surface area contributed by atoms with Gasteiger partial charge in [-0.15, -0.1) is 10.2 Å². The first-order valence-corrected chi connectivity index (χ1v) is 5.25. The van der Waals surface area contributed by atoms with Crippen LogP contribution in [0.5, 0.6) is 0 Å². The predicted molar refractivity (Wildman–Crippen MR) is 61.2 cm³/mol. The number of azo groups is 1. The number of fused-ring (bicyclic) bond motifs is 5. The highest BCUT2D eigenvalue weighted by Gasteiger charge is 2.25. The summed E-state index contributed by atoms with van der Waals surface area (Å²) >= 11 is 0. The zero-order valence-corrected chi connectivity index (χ0v) is 8.69. The minimum absolute atomic E-state index is 0.286. The van der Waals surface area contributed by atoms with Crippen LogP contribution in [0.3, 0.4) is 0 Å². The number of hydrogen-bond acceptors (Lipinski definition) is 2. The van der Waals surface area contributed by atoms with Gasteiger partial charge in [0.15, 0.2) is 6.20 Å². The van der Waals surface area contributed by atoms with Gasteiger partial charge in [0.05, 0.1) is 5.39 Å². The molecule has 2 aromatic heterocycles. The van der Waals surface area contributed by atoms with Crippen molar-refractivity contribution in [3.8, 4) is 0 Å². The molecule has 1 aliphatic rings. The van der Waals surface area contributed by atoms with Gasteiger partial charge in [-0.1, -0.05) is 0 Å². The zero-order chi connectivity index (χ0) is 11.4. The first-order chi connectivity index (χ1) is 8.34. The number of amides is 1. The Morgan fingerprint density at radius 1 is 1.18 bits per heavy atom. The first-order valence-electron chi connectivity index (χ1n) is 5.25. The predicted octanol–water partition coefficient (Wildman–Crippen LogP) is 2.37. The summed E-state index contributed by atoms with van der Waals surface area (Å²) in [6.45, 7) is 0. The Morgan fingerprint density at radius 3 is 3.06 bits per heavy atom. The second-order valence-corrected chi connectivity index (χ2v) is 3.98. The van der Waals surface area contributed by atoms with Crippen LogP contribution in [0.25, 0.3) is 21.8 Å². The lowest BCUT2D eigenvalue weighted by Crippen LogP contribution is -2.06.